The van der Waals surface area contributed by atoms with Gasteiger partial charge in [-0.15, -0.1) is 0 Å². The monoisotopic (exact) mass is 236 g/mol. The molecule has 0 amide bonds. The van der Waals surface area contributed by atoms with E-state index in [9.17, 15) is 5.11 Å². The molecule has 0 spiro atoms. The molecule has 96 valence electrons. The van der Waals surface area contributed by atoms with Gasteiger partial charge in [0.05, 0.1) is 12.7 Å². The summed E-state index contributed by atoms with van der Waals surface area (Å²) in [6.45, 7) is 4.83. The second-order valence-corrected chi connectivity index (χ2v) is 4.37. The number of unbranched alkanes of at least 4 members (excludes halogenated alkanes) is 3. The van der Waals surface area contributed by atoms with Gasteiger partial charge in [-0.3, -0.25) is 0 Å². The van der Waals surface area contributed by atoms with Crippen molar-refractivity contribution in [2.75, 3.05) is 6.61 Å². The molecule has 1 rings (SSSR count). The fraction of sp³-hybridized carbons (Fsp3) is 0.600. The van der Waals surface area contributed by atoms with Crippen LogP contribution >= 0.6 is 0 Å². The second-order valence-electron chi connectivity index (χ2n) is 4.37. The Labute approximate surface area is 105 Å². The second kappa shape index (κ2) is 8.13. The molecule has 0 heterocycles. The van der Waals surface area contributed by atoms with Gasteiger partial charge in [0.15, 0.2) is 0 Å². The molecule has 1 atom stereocenters. The average Bonchev–Trinajstić information content (AvgIpc) is 2.35. The zero-order valence-electron chi connectivity index (χ0n) is 11.0. The topological polar surface area (TPSA) is 29.5 Å². The van der Waals surface area contributed by atoms with Crippen LogP contribution in [-0.4, -0.2) is 11.7 Å². The van der Waals surface area contributed by atoms with E-state index >= 15 is 0 Å². The lowest BCUT2D eigenvalue weighted by Gasteiger charge is -2.12. The molecule has 2 nitrogen and oxygen atoms in total. The maximum atomic E-state index is 10.1. The van der Waals surface area contributed by atoms with Crippen LogP contribution in [0, 0.1) is 0 Å². The van der Waals surface area contributed by atoms with Crippen LogP contribution in [0.4, 0.5) is 0 Å². The van der Waals surface area contributed by atoms with Gasteiger partial charge in [0.25, 0.3) is 0 Å². The molecule has 0 aromatic heterocycles. The number of hydrogen-bond donors (Lipinski definition) is 1. The van der Waals surface area contributed by atoms with Crippen molar-refractivity contribution >= 4 is 0 Å². The summed E-state index contributed by atoms with van der Waals surface area (Å²) in [6.07, 6.45) is 5.27. The van der Waals surface area contributed by atoms with Crippen molar-refractivity contribution in [1.29, 1.82) is 0 Å². The summed E-state index contributed by atoms with van der Waals surface area (Å²) in [7, 11) is 0. The molecule has 0 aliphatic carbocycles. The molecule has 17 heavy (non-hydrogen) atoms. The number of ether oxygens (including phenoxy) is 1. The van der Waals surface area contributed by atoms with E-state index in [4.69, 9.17) is 4.74 Å². The van der Waals surface area contributed by atoms with E-state index in [2.05, 4.69) is 6.92 Å². The van der Waals surface area contributed by atoms with Gasteiger partial charge in [0.1, 0.15) is 5.75 Å². The first-order valence-corrected chi connectivity index (χ1v) is 6.68. The Morgan fingerprint density at radius 2 is 2.00 bits per heavy atom. The van der Waals surface area contributed by atoms with Crippen LogP contribution in [0.25, 0.3) is 0 Å². The molecule has 0 saturated heterocycles. The first-order valence-electron chi connectivity index (χ1n) is 6.68. The largest absolute Gasteiger partial charge is 0.494 e. The van der Waals surface area contributed by atoms with E-state index in [1.54, 1.807) is 0 Å². The predicted octanol–water partition coefficient (Wildman–Crippen LogP) is 4.09. The lowest BCUT2D eigenvalue weighted by Crippen LogP contribution is -1.99. The van der Waals surface area contributed by atoms with Crippen LogP contribution < -0.4 is 4.74 Å². The summed E-state index contributed by atoms with van der Waals surface area (Å²) in [5, 5.41) is 10.1. The van der Waals surface area contributed by atoms with E-state index in [1.807, 2.05) is 31.2 Å². The summed E-state index contributed by atoms with van der Waals surface area (Å²) in [5.41, 5.74) is 0.965. The van der Waals surface area contributed by atoms with Gasteiger partial charge in [-0.05, 0) is 31.0 Å². The third-order valence-corrected chi connectivity index (χ3v) is 2.88. The Morgan fingerprint density at radius 3 is 2.71 bits per heavy atom. The molecule has 1 N–H and O–H groups in total. The fourth-order valence-electron chi connectivity index (χ4n) is 1.91. The van der Waals surface area contributed by atoms with E-state index in [-0.39, 0.29) is 6.10 Å². The summed E-state index contributed by atoms with van der Waals surface area (Å²) >= 11 is 0. The van der Waals surface area contributed by atoms with Crippen LogP contribution in [0.2, 0.25) is 0 Å². The zero-order valence-corrected chi connectivity index (χ0v) is 11.0. The Morgan fingerprint density at radius 1 is 1.18 bits per heavy atom. The molecule has 0 radical (unpaired) electrons. The Bertz CT molecular complexity index is 310. The molecule has 2 heteroatoms. The van der Waals surface area contributed by atoms with E-state index in [0.717, 1.165) is 24.2 Å². The van der Waals surface area contributed by atoms with Gasteiger partial charge in [-0.2, -0.15) is 0 Å². The SMILES string of the molecule is CCCCCCC(O)c1cccc(OCC)c1. The van der Waals surface area contributed by atoms with Crippen molar-refractivity contribution < 1.29 is 9.84 Å². The zero-order chi connectivity index (χ0) is 12.5. The number of aliphatic hydroxyl groups is 1. The van der Waals surface area contributed by atoms with E-state index in [0.29, 0.717) is 6.61 Å². The van der Waals surface area contributed by atoms with Crippen molar-refractivity contribution in [3.05, 3.63) is 29.8 Å². The molecular formula is C15H24O2. The minimum atomic E-state index is -0.354. The van der Waals surface area contributed by atoms with Crippen LogP contribution in [0.15, 0.2) is 24.3 Å². The van der Waals surface area contributed by atoms with Crippen molar-refractivity contribution in [3.8, 4) is 5.75 Å². The highest BCUT2D eigenvalue weighted by Gasteiger charge is 2.07. The minimum Gasteiger partial charge on any atom is -0.494 e. The molecule has 0 aliphatic heterocycles. The van der Waals surface area contributed by atoms with Crippen LogP contribution in [-0.2, 0) is 0 Å². The summed E-state index contributed by atoms with van der Waals surface area (Å²) in [4.78, 5) is 0. The van der Waals surface area contributed by atoms with Crippen LogP contribution in [0.5, 0.6) is 5.75 Å². The first-order chi connectivity index (χ1) is 8.27. The van der Waals surface area contributed by atoms with E-state index in [1.165, 1.54) is 19.3 Å². The highest BCUT2D eigenvalue weighted by molar-refractivity contribution is 5.29. The fourth-order valence-corrected chi connectivity index (χ4v) is 1.91. The summed E-state index contributed by atoms with van der Waals surface area (Å²) < 4.78 is 5.43. The van der Waals surface area contributed by atoms with Crippen molar-refractivity contribution in [1.82, 2.24) is 0 Å². The van der Waals surface area contributed by atoms with Crippen molar-refractivity contribution in [3.63, 3.8) is 0 Å². The standard InChI is InChI=1S/C15H24O2/c1-3-5-6-7-11-15(16)13-9-8-10-14(12-13)17-4-2/h8-10,12,15-16H,3-7,11H2,1-2H3. The molecule has 1 aromatic rings. The van der Waals surface area contributed by atoms with Gasteiger partial charge in [-0.25, -0.2) is 0 Å². The average molecular weight is 236 g/mol. The van der Waals surface area contributed by atoms with Crippen LogP contribution in [0.1, 0.15) is 57.6 Å². The highest BCUT2D eigenvalue weighted by atomic mass is 16.5. The summed E-state index contributed by atoms with van der Waals surface area (Å²) in [5.74, 6) is 0.845. The first kappa shape index (κ1) is 14.0. The van der Waals surface area contributed by atoms with Gasteiger partial charge < -0.3 is 9.84 Å². The van der Waals surface area contributed by atoms with E-state index < -0.39 is 0 Å². The molecule has 0 bridgehead atoms. The molecule has 0 saturated carbocycles. The van der Waals surface area contributed by atoms with Crippen molar-refractivity contribution in [2.45, 2.75) is 52.1 Å². The smallest absolute Gasteiger partial charge is 0.119 e. The molecular weight excluding hydrogens is 212 g/mol. The summed E-state index contributed by atoms with van der Waals surface area (Å²) in [6, 6.07) is 7.77. The van der Waals surface area contributed by atoms with Gasteiger partial charge in [0, 0.05) is 0 Å². The number of aliphatic hydroxyl groups excluding tert-OH is 1. The van der Waals surface area contributed by atoms with Gasteiger partial charge in [-0.1, -0.05) is 44.7 Å². The van der Waals surface area contributed by atoms with Crippen molar-refractivity contribution in [2.24, 2.45) is 0 Å². The lowest BCUT2D eigenvalue weighted by molar-refractivity contribution is 0.163. The number of rotatable bonds is 8. The lowest BCUT2D eigenvalue weighted by atomic mass is 10.0. The Hall–Kier alpha value is -1.02. The maximum absolute atomic E-state index is 10.1. The number of hydrogen-bond acceptors (Lipinski definition) is 2. The van der Waals surface area contributed by atoms with Gasteiger partial charge in [0.2, 0.25) is 0 Å². The molecule has 0 aliphatic rings. The Kier molecular flexibility index (Phi) is 6.71. The predicted molar refractivity (Wildman–Crippen MR) is 71.3 cm³/mol. The molecule has 1 aromatic carbocycles. The quantitative estimate of drug-likeness (QED) is 0.689. The highest BCUT2D eigenvalue weighted by Crippen LogP contribution is 2.23. The molecule has 1 unspecified atom stereocenters. The third-order valence-electron chi connectivity index (χ3n) is 2.88. The number of benzene rings is 1. The molecule has 0 fully saturated rings. The van der Waals surface area contributed by atoms with Gasteiger partial charge >= 0.3 is 0 Å². The van der Waals surface area contributed by atoms with Crippen LogP contribution in [0.3, 0.4) is 0 Å². The Balaban J connectivity index is 2.44. The minimum absolute atomic E-state index is 0.354. The normalized spacial score (nSPS) is 12.4. The third kappa shape index (κ3) is 5.22. The maximum Gasteiger partial charge on any atom is 0.119 e.